The van der Waals surface area contributed by atoms with Crippen LogP contribution in [0.3, 0.4) is 0 Å². The highest BCUT2D eigenvalue weighted by molar-refractivity contribution is 6.29. The lowest BCUT2D eigenvalue weighted by Gasteiger charge is -2.50. The van der Waals surface area contributed by atoms with Gasteiger partial charge in [-0.15, -0.1) is 0 Å². The van der Waals surface area contributed by atoms with E-state index in [0.29, 0.717) is 36.4 Å². The van der Waals surface area contributed by atoms with Gasteiger partial charge in [-0.3, -0.25) is 14.5 Å². The number of carbonyl (C=O) groups excluding carboxylic acids is 2. The molecule has 3 aliphatic rings. The van der Waals surface area contributed by atoms with Crippen molar-refractivity contribution >= 4 is 35.1 Å². The molecular weight excluding hydrogens is 516 g/mol. The maximum atomic E-state index is 13.1. The Bertz CT molecular complexity index is 1240. The fourth-order valence-corrected chi connectivity index (χ4v) is 6.04. The molecule has 210 valence electrons. The average Bonchev–Trinajstić information content (AvgIpc) is 3.64. The number of nitrogens with zero attached hydrogens (tertiary/aromatic N) is 6. The van der Waals surface area contributed by atoms with Crippen molar-refractivity contribution in [3.63, 3.8) is 0 Å². The molecule has 3 N–H and O–H groups in total. The Morgan fingerprint density at radius 3 is 2.51 bits per heavy atom. The number of aryl methyl sites for hydroxylation is 1. The standard InChI is InChI=1S/C28H39ClN8O2/c1-5-19-16-36(25-18(3)32-22(14-31-25)26(38)34-28(4)10-11-28)17(2)15-37(19)20-8-12-35(13-9-20)27(39)21-6-7-23(29)33-24(21)30/h6-7,14,17,19-20H,5,8-13,15-16H2,1-4H3,(H2,30,33)(H,34,38)/t17-,19+/m1/s1. The number of aromatic nitrogens is 3. The molecule has 2 aromatic heterocycles. The summed E-state index contributed by atoms with van der Waals surface area (Å²) in [5.74, 6) is 0.790. The van der Waals surface area contributed by atoms with Crippen LogP contribution >= 0.6 is 11.6 Å². The first kappa shape index (κ1) is 27.6. The van der Waals surface area contributed by atoms with E-state index in [4.69, 9.17) is 22.3 Å². The molecule has 0 radical (unpaired) electrons. The summed E-state index contributed by atoms with van der Waals surface area (Å²) in [5, 5.41) is 3.35. The van der Waals surface area contributed by atoms with Crippen LogP contribution in [-0.4, -0.2) is 86.4 Å². The van der Waals surface area contributed by atoms with E-state index < -0.39 is 0 Å². The summed E-state index contributed by atoms with van der Waals surface area (Å²) < 4.78 is 0. The summed E-state index contributed by atoms with van der Waals surface area (Å²) in [5.41, 5.74) is 7.44. The van der Waals surface area contributed by atoms with Crippen LogP contribution in [0.25, 0.3) is 0 Å². The van der Waals surface area contributed by atoms with Gasteiger partial charge >= 0.3 is 0 Å². The summed E-state index contributed by atoms with van der Waals surface area (Å²) in [6.07, 6.45) is 6.47. The van der Waals surface area contributed by atoms with Gasteiger partial charge in [-0.2, -0.15) is 0 Å². The molecule has 3 fully saturated rings. The second kappa shape index (κ2) is 10.9. The van der Waals surface area contributed by atoms with Crippen molar-refractivity contribution in [2.45, 2.75) is 83.5 Å². The van der Waals surface area contributed by atoms with Crippen molar-refractivity contribution in [1.29, 1.82) is 0 Å². The van der Waals surface area contributed by atoms with E-state index in [9.17, 15) is 9.59 Å². The number of nitrogen functional groups attached to an aromatic ring is 1. The molecule has 2 aliphatic heterocycles. The molecule has 1 aliphatic carbocycles. The molecule has 5 rings (SSSR count). The van der Waals surface area contributed by atoms with Gasteiger partial charge in [-0.05, 0) is 65.0 Å². The number of amides is 2. The number of hydrogen-bond acceptors (Lipinski definition) is 8. The van der Waals surface area contributed by atoms with E-state index in [-0.39, 0.29) is 34.4 Å². The van der Waals surface area contributed by atoms with Gasteiger partial charge in [-0.1, -0.05) is 18.5 Å². The minimum Gasteiger partial charge on any atom is -0.383 e. The van der Waals surface area contributed by atoms with Gasteiger partial charge in [0.25, 0.3) is 11.8 Å². The molecule has 11 heteroatoms. The smallest absolute Gasteiger partial charge is 0.271 e. The van der Waals surface area contributed by atoms with Crippen LogP contribution in [0.15, 0.2) is 18.3 Å². The van der Waals surface area contributed by atoms with E-state index >= 15 is 0 Å². The molecule has 39 heavy (non-hydrogen) atoms. The summed E-state index contributed by atoms with van der Waals surface area (Å²) in [7, 11) is 0. The number of likely N-dealkylation sites (tertiary alicyclic amines) is 1. The maximum Gasteiger partial charge on any atom is 0.271 e. The molecule has 10 nitrogen and oxygen atoms in total. The van der Waals surface area contributed by atoms with Gasteiger partial charge in [0.1, 0.15) is 22.5 Å². The monoisotopic (exact) mass is 554 g/mol. The third-order valence-corrected chi connectivity index (χ3v) is 8.75. The highest BCUT2D eigenvalue weighted by atomic mass is 35.5. The van der Waals surface area contributed by atoms with Crippen LogP contribution in [0, 0.1) is 6.92 Å². The van der Waals surface area contributed by atoms with Gasteiger partial charge in [0.2, 0.25) is 0 Å². The highest BCUT2D eigenvalue weighted by Gasteiger charge is 2.40. The first-order valence-electron chi connectivity index (χ1n) is 14.0. The van der Waals surface area contributed by atoms with E-state index in [1.165, 1.54) is 0 Å². The minimum absolute atomic E-state index is 0.0854. The molecule has 0 unspecified atom stereocenters. The summed E-state index contributed by atoms with van der Waals surface area (Å²) >= 11 is 5.90. The predicted molar refractivity (Wildman–Crippen MR) is 152 cm³/mol. The zero-order valence-corrected chi connectivity index (χ0v) is 24.0. The fraction of sp³-hybridized carbons (Fsp3) is 0.607. The van der Waals surface area contributed by atoms with Crippen LogP contribution in [0.4, 0.5) is 11.6 Å². The van der Waals surface area contributed by atoms with E-state index in [0.717, 1.165) is 56.7 Å². The second-order valence-electron chi connectivity index (χ2n) is 11.5. The molecule has 2 aromatic rings. The molecule has 0 aromatic carbocycles. The Morgan fingerprint density at radius 1 is 1.18 bits per heavy atom. The van der Waals surface area contributed by atoms with Crippen molar-refractivity contribution < 1.29 is 9.59 Å². The quantitative estimate of drug-likeness (QED) is 0.522. The first-order chi connectivity index (χ1) is 18.6. The Hall–Kier alpha value is -2.98. The van der Waals surface area contributed by atoms with Crippen molar-refractivity contribution in [2.24, 2.45) is 0 Å². The molecule has 1 saturated carbocycles. The topological polar surface area (TPSA) is 121 Å². The number of pyridine rings is 1. The summed E-state index contributed by atoms with van der Waals surface area (Å²) in [6, 6.07) is 4.28. The highest BCUT2D eigenvalue weighted by Crippen LogP contribution is 2.35. The third-order valence-electron chi connectivity index (χ3n) is 8.54. The van der Waals surface area contributed by atoms with E-state index in [1.54, 1.807) is 18.3 Å². The number of carbonyl (C=O) groups is 2. The Balaban J connectivity index is 1.22. The lowest BCUT2D eigenvalue weighted by atomic mass is 9.96. The van der Waals surface area contributed by atoms with Crippen LogP contribution in [-0.2, 0) is 0 Å². The summed E-state index contributed by atoms with van der Waals surface area (Å²) in [4.78, 5) is 45.9. The van der Waals surface area contributed by atoms with Crippen LogP contribution in [0.1, 0.15) is 79.4 Å². The fourth-order valence-electron chi connectivity index (χ4n) is 5.89. The molecule has 2 amide bonds. The third kappa shape index (κ3) is 5.82. The lowest BCUT2D eigenvalue weighted by molar-refractivity contribution is 0.0435. The van der Waals surface area contributed by atoms with Crippen molar-refractivity contribution in [1.82, 2.24) is 30.1 Å². The number of piperazine rings is 1. The van der Waals surface area contributed by atoms with E-state index in [1.807, 2.05) is 11.8 Å². The predicted octanol–water partition coefficient (Wildman–Crippen LogP) is 3.29. The number of nitrogens with one attached hydrogen (secondary N) is 1. The zero-order chi connectivity index (χ0) is 27.9. The zero-order valence-electron chi connectivity index (χ0n) is 23.3. The maximum absolute atomic E-state index is 13.1. The van der Waals surface area contributed by atoms with Crippen molar-refractivity contribution in [2.75, 3.05) is 36.8 Å². The Morgan fingerprint density at radius 2 is 1.90 bits per heavy atom. The largest absolute Gasteiger partial charge is 0.383 e. The molecule has 2 saturated heterocycles. The molecule has 0 bridgehead atoms. The average molecular weight is 555 g/mol. The molecule has 0 spiro atoms. The van der Waals surface area contributed by atoms with E-state index in [2.05, 4.69) is 45.9 Å². The minimum atomic E-state index is -0.152. The van der Waals surface area contributed by atoms with Crippen molar-refractivity contribution in [3.8, 4) is 0 Å². The SMILES string of the molecule is CC[C@H]1CN(c2ncc(C(=O)NC3(C)CC3)nc2C)[C@H](C)CN1C1CCN(C(=O)c2ccc(Cl)nc2N)CC1. The number of rotatable bonds is 6. The van der Waals surface area contributed by atoms with Gasteiger partial charge in [0, 0.05) is 49.8 Å². The van der Waals surface area contributed by atoms with Gasteiger partial charge in [0.05, 0.1) is 17.5 Å². The molecule has 2 atom stereocenters. The molecule has 4 heterocycles. The second-order valence-corrected chi connectivity index (χ2v) is 11.9. The van der Waals surface area contributed by atoms with Gasteiger partial charge < -0.3 is 20.9 Å². The number of nitrogens with two attached hydrogens (primary N) is 1. The molecular formula is C28H39ClN8O2. The Kier molecular flexibility index (Phi) is 7.70. The van der Waals surface area contributed by atoms with Gasteiger partial charge in [0.15, 0.2) is 0 Å². The lowest BCUT2D eigenvalue weighted by Crippen LogP contribution is -2.62. The van der Waals surface area contributed by atoms with Gasteiger partial charge in [-0.25, -0.2) is 15.0 Å². The Labute approximate surface area is 235 Å². The van der Waals surface area contributed by atoms with Crippen molar-refractivity contribution in [3.05, 3.63) is 40.4 Å². The van der Waals surface area contributed by atoms with Crippen LogP contribution < -0.4 is 16.0 Å². The number of piperidine rings is 1. The van der Waals surface area contributed by atoms with Crippen LogP contribution in [0.5, 0.6) is 0 Å². The summed E-state index contributed by atoms with van der Waals surface area (Å²) in [6.45, 7) is 11.6. The number of hydrogen-bond donors (Lipinski definition) is 2. The number of halogens is 1. The normalized spacial score (nSPS) is 23.5. The van der Waals surface area contributed by atoms with Crippen LogP contribution in [0.2, 0.25) is 5.15 Å². The number of anilines is 2. The first-order valence-corrected chi connectivity index (χ1v) is 14.4.